The van der Waals surface area contributed by atoms with Crippen LogP contribution in [0.5, 0.6) is 5.75 Å². The molecule has 0 heterocycles. The van der Waals surface area contributed by atoms with Gasteiger partial charge in [0.25, 0.3) is 0 Å². The van der Waals surface area contributed by atoms with Gasteiger partial charge in [-0.1, -0.05) is 32.0 Å². The number of hydrogen-bond acceptors (Lipinski definition) is 4. The van der Waals surface area contributed by atoms with Crippen LogP contribution in [-0.4, -0.2) is 28.5 Å². The van der Waals surface area contributed by atoms with Gasteiger partial charge in [-0.2, -0.15) is 0 Å². The third-order valence-electron chi connectivity index (χ3n) is 3.70. The van der Waals surface area contributed by atoms with Gasteiger partial charge in [-0.3, -0.25) is 4.79 Å². The summed E-state index contributed by atoms with van der Waals surface area (Å²) in [5.41, 5.74) is 0.774. The Balaban J connectivity index is 2.23. The van der Waals surface area contributed by atoms with Crippen molar-refractivity contribution in [3.8, 4) is 5.75 Å². The fraction of sp³-hybridized carbons (Fsp3) is 0.263. The van der Waals surface area contributed by atoms with E-state index in [1.165, 1.54) is 24.3 Å². The molecule has 0 saturated carbocycles. The van der Waals surface area contributed by atoms with Crippen molar-refractivity contribution < 1.29 is 19.8 Å². The average molecular weight is 327 g/mol. The number of carboxylic acids is 1. The van der Waals surface area contributed by atoms with Crippen molar-refractivity contribution in [2.75, 3.05) is 11.9 Å². The van der Waals surface area contributed by atoms with Crippen molar-refractivity contribution in [2.24, 2.45) is 5.92 Å². The van der Waals surface area contributed by atoms with E-state index in [1.54, 1.807) is 18.2 Å². The van der Waals surface area contributed by atoms with Crippen LogP contribution in [0.4, 0.5) is 5.69 Å². The van der Waals surface area contributed by atoms with E-state index in [1.807, 2.05) is 0 Å². The molecule has 0 aliphatic carbocycles. The van der Waals surface area contributed by atoms with Gasteiger partial charge in [0.05, 0.1) is 11.1 Å². The summed E-state index contributed by atoms with van der Waals surface area (Å²) in [6, 6.07) is 10.7. The molecule has 0 aromatic heterocycles. The number of benzene rings is 2. The number of nitrogens with one attached hydrogen (secondary N) is 1. The van der Waals surface area contributed by atoms with Gasteiger partial charge in [-0.25, -0.2) is 4.79 Å². The van der Waals surface area contributed by atoms with Crippen LogP contribution < -0.4 is 5.32 Å². The van der Waals surface area contributed by atoms with Gasteiger partial charge in [-0.15, -0.1) is 0 Å². The molecule has 126 valence electrons. The van der Waals surface area contributed by atoms with Crippen molar-refractivity contribution in [1.82, 2.24) is 0 Å². The van der Waals surface area contributed by atoms with Crippen LogP contribution in [0.1, 0.15) is 46.5 Å². The van der Waals surface area contributed by atoms with E-state index < -0.39 is 11.8 Å². The first kappa shape index (κ1) is 17.5. The molecule has 24 heavy (non-hydrogen) atoms. The van der Waals surface area contributed by atoms with E-state index in [-0.39, 0.29) is 22.4 Å². The van der Waals surface area contributed by atoms with Crippen LogP contribution >= 0.6 is 0 Å². The highest BCUT2D eigenvalue weighted by Crippen LogP contribution is 2.26. The first-order valence-corrected chi connectivity index (χ1v) is 7.84. The van der Waals surface area contributed by atoms with Gasteiger partial charge in [-0.05, 0) is 30.5 Å². The number of phenolic OH excluding ortho intramolecular Hbond substituents is 1. The van der Waals surface area contributed by atoms with Crippen LogP contribution in [-0.2, 0) is 0 Å². The molecule has 2 aromatic carbocycles. The van der Waals surface area contributed by atoms with E-state index >= 15 is 0 Å². The van der Waals surface area contributed by atoms with E-state index in [0.717, 1.165) is 18.7 Å². The van der Waals surface area contributed by atoms with E-state index in [0.29, 0.717) is 5.92 Å². The number of phenols is 1. The summed E-state index contributed by atoms with van der Waals surface area (Å²) in [7, 11) is 0. The first-order chi connectivity index (χ1) is 11.4. The molecule has 3 N–H and O–H groups in total. The van der Waals surface area contributed by atoms with Crippen molar-refractivity contribution in [3.05, 3.63) is 59.2 Å². The lowest BCUT2D eigenvalue weighted by Gasteiger charge is -2.11. The normalized spacial score (nSPS) is 10.6. The van der Waals surface area contributed by atoms with Crippen LogP contribution in [0.15, 0.2) is 42.5 Å². The second kappa shape index (κ2) is 7.64. The summed E-state index contributed by atoms with van der Waals surface area (Å²) >= 11 is 0. The molecule has 0 saturated heterocycles. The summed E-state index contributed by atoms with van der Waals surface area (Å²) < 4.78 is 0. The minimum atomic E-state index is -1.18. The van der Waals surface area contributed by atoms with Crippen LogP contribution in [0.25, 0.3) is 0 Å². The lowest BCUT2D eigenvalue weighted by Crippen LogP contribution is -2.10. The molecule has 0 radical (unpaired) electrons. The minimum absolute atomic E-state index is 0.0563. The molecule has 0 fully saturated rings. The maximum atomic E-state index is 12.6. The number of carbonyl (C=O) groups excluding carboxylic acids is 1. The highest BCUT2D eigenvalue weighted by Gasteiger charge is 2.20. The zero-order chi connectivity index (χ0) is 17.7. The van der Waals surface area contributed by atoms with Gasteiger partial charge < -0.3 is 15.5 Å². The lowest BCUT2D eigenvalue weighted by atomic mass is 9.97. The molecule has 0 bridgehead atoms. The predicted octanol–water partition coefficient (Wildman–Crippen LogP) is 3.78. The molecule has 0 aliphatic rings. The quantitative estimate of drug-likeness (QED) is 0.674. The maximum Gasteiger partial charge on any atom is 0.336 e. The fourth-order valence-corrected chi connectivity index (χ4v) is 2.35. The van der Waals surface area contributed by atoms with Gasteiger partial charge >= 0.3 is 5.97 Å². The van der Waals surface area contributed by atoms with Gasteiger partial charge in [0, 0.05) is 23.9 Å². The molecule has 5 heteroatoms. The Hall–Kier alpha value is -2.82. The monoisotopic (exact) mass is 327 g/mol. The third kappa shape index (κ3) is 4.13. The molecule has 0 spiro atoms. The number of hydrogen-bond donors (Lipinski definition) is 3. The molecule has 0 aliphatic heterocycles. The average Bonchev–Trinajstić information content (AvgIpc) is 2.54. The van der Waals surface area contributed by atoms with Crippen LogP contribution in [0, 0.1) is 5.92 Å². The maximum absolute atomic E-state index is 12.6. The molecule has 2 rings (SSSR count). The second-order valence-electron chi connectivity index (χ2n) is 6.02. The number of carbonyl (C=O) groups is 2. The van der Waals surface area contributed by atoms with Crippen LogP contribution in [0.3, 0.4) is 0 Å². The topological polar surface area (TPSA) is 86.6 Å². The molecule has 0 atom stereocenters. The molecular formula is C19H21NO4. The van der Waals surface area contributed by atoms with E-state index in [9.17, 15) is 19.8 Å². The summed E-state index contributed by atoms with van der Waals surface area (Å²) in [6.45, 7) is 5.02. The Morgan fingerprint density at radius 3 is 2.29 bits per heavy atom. The number of aromatic carboxylic acids is 1. The predicted molar refractivity (Wildman–Crippen MR) is 92.9 cm³/mol. The van der Waals surface area contributed by atoms with Crippen molar-refractivity contribution in [3.63, 3.8) is 0 Å². The molecular weight excluding hydrogens is 306 g/mol. The van der Waals surface area contributed by atoms with Gasteiger partial charge in [0.2, 0.25) is 0 Å². The van der Waals surface area contributed by atoms with Crippen molar-refractivity contribution in [2.45, 2.75) is 20.3 Å². The summed E-state index contributed by atoms with van der Waals surface area (Å²) in [5, 5.41) is 22.5. The Morgan fingerprint density at radius 1 is 1.04 bits per heavy atom. The van der Waals surface area contributed by atoms with Gasteiger partial charge in [0.1, 0.15) is 5.75 Å². The number of carboxylic acid groups (broad SMARTS) is 1. The fourth-order valence-electron chi connectivity index (χ4n) is 2.35. The standard InChI is InChI=1S/C19H21NO4/c1-12(2)9-10-20-13-7-8-16(17(21)11-13)18(22)14-5-3-4-6-15(14)19(23)24/h3-8,11-12,20-21H,9-10H2,1-2H3,(H,23,24). The van der Waals surface area contributed by atoms with Crippen molar-refractivity contribution in [1.29, 1.82) is 0 Å². The number of ketones is 1. The SMILES string of the molecule is CC(C)CCNc1ccc(C(=O)c2ccccc2C(=O)O)c(O)c1. The molecule has 2 aromatic rings. The van der Waals surface area contributed by atoms with Gasteiger partial charge in [0.15, 0.2) is 5.78 Å². The largest absolute Gasteiger partial charge is 0.507 e. The Labute approximate surface area is 141 Å². The summed E-state index contributed by atoms with van der Waals surface area (Å²) in [5.74, 6) is -1.29. The van der Waals surface area contributed by atoms with E-state index in [2.05, 4.69) is 19.2 Å². The third-order valence-corrected chi connectivity index (χ3v) is 3.70. The summed E-state index contributed by atoms with van der Waals surface area (Å²) in [4.78, 5) is 23.8. The first-order valence-electron chi connectivity index (χ1n) is 7.84. The Morgan fingerprint density at radius 2 is 1.71 bits per heavy atom. The molecule has 0 amide bonds. The zero-order valence-electron chi connectivity index (χ0n) is 13.7. The smallest absolute Gasteiger partial charge is 0.336 e. The minimum Gasteiger partial charge on any atom is -0.507 e. The molecule has 5 nitrogen and oxygen atoms in total. The molecule has 0 unspecified atom stereocenters. The number of anilines is 1. The highest BCUT2D eigenvalue weighted by molar-refractivity contribution is 6.15. The Bertz CT molecular complexity index is 753. The highest BCUT2D eigenvalue weighted by atomic mass is 16.4. The number of rotatable bonds is 7. The number of aromatic hydroxyl groups is 1. The lowest BCUT2D eigenvalue weighted by molar-refractivity contribution is 0.0692. The Kier molecular flexibility index (Phi) is 5.58. The second-order valence-corrected chi connectivity index (χ2v) is 6.02. The van der Waals surface area contributed by atoms with Crippen molar-refractivity contribution >= 4 is 17.4 Å². The van der Waals surface area contributed by atoms with Crippen LogP contribution in [0.2, 0.25) is 0 Å². The summed E-state index contributed by atoms with van der Waals surface area (Å²) in [6.07, 6.45) is 0.993. The zero-order valence-corrected chi connectivity index (χ0v) is 13.7. The van der Waals surface area contributed by atoms with E-state index in [4.69, 9.17) is 0 Å².